The molecule has 0 spiro atoms. The summed E-state index contributed by atoms with van der Waals surface area (Å²) >= 11 is 0. The number of amides is 1. The smallest absolute Gasteiger partial charge is 0.264 e. The fraction of sp³-hybridized carbons (Fsp3) is 0.174. The third kappa shape index (κ3) is 4.84. The molecule has 0 saturated heterocycles. The molecule has 1 amide bonds. The first-order chi connectivity index (χ1) is 13.8. The van der Waals surface area contributed by atoms with Gasteiger partial charge >= 0.3 is 0 Å². The number of rotatable bonds is 6. The van der Waals surface area contributed by atoms with Gasteiger partial charge in [-0.3, -0.25) is 9.10 Å². The summed E-state index contributed by atoms with van der Waals surface area (Å²) in [5.74, 6) is -0.406. The molecule has 3 rings (SSSR count). The highest BCUT2D eigenvalue weighted by Crippen LogP contribution is 2.24. The maximum absolute atomic E-state index is 13.3. The molecule has 5 nitrogen and oxygen atoms in total. The number of hydrogen-bond acceptors (Lipinski definition) is 3. The maximum Gasteiger partial charge on any atom is 0.264 e. The van der Waals surface area contributed by atoms with Crippen LogP contribution in [0.5, 0.6) is 0 Å². The number of anilines is 2. The highest BCUT2D eigenvalue weighted by atomic mass is 32.2. The molecule has 0 aliphatic heterocycles. The third-order valence-electron chi connectivity index (χ3n) is 4.60. The highest BCUT2D eigenvalue weighted by Gasteiger charge is 2.27. The van der Waals surface area contributed by atoms with Gasteiger partial charge in [0.15, 0.2) is 0 Å². The van der Waals surface area contributed by atoms with Crippen molar-refractivity contribution >= 4 is 27.3 Å². The molecule has 0 aromatic heterocycles. The van der Waals surface area contributed by atoms with Crippen LogP contribution < -0.4 is 9.62 Å². The van der Waals surface area contributed by atoms with Gasteiger partial charge in [0.25, 0.3) is 10.0 Å². The van der Waals surface area contributed by atoms with Gasteiger partial charge in [0.2, 0.25) is 5.91 Å². The second-order valence-corrected chi connectivity index (χ2v) is 8.89. The molecule has 0 fully saturated rings. The molecular formula is C23H24N2O3S. The van der Waals surface area contributed by atoms with Crippen molar-refractivity contribution in [1.29, 1.82) is 0 Å². The molecule has 0 saturated carbocycles. The van der Waals surface area contributed by atoms with Crippen LogP contribution in [-0.4, -0.2) is 20.9 Å². The monoisotopic (exact) mass is 408 g/mol. The summed E-state index contributed by atoms with van der Waals surface area (Å²) in [6.45, 7) is 5.45. The van der Waals surface area contributed by atoms with Crippen LogP contribution in [0.3, 0.4) is 0 Å². The fourth-order valence-electron chi connectivity index (χ4n) is 3.02. The lowest BCUT2D eigenvalue weighted by atomic mass is 10.1. The van der Waals surface area contributed by atoms with Crippen LogP contribution in [0, 0.1) is 20.8 Å². The normalized spacial score (nSPS) is 11.1. The van der Waals surface area contributed by atoms with E-state index in [0.717, 1.165) is 21.0 Å². The Balaban J connectivity index is 1.92. The van der Waals surface area contributed by atoms with Gasteiger partial charge in [0.1, 0.15) is 6.54 Å². The fourth-order valence-corrected chi connectivity index (χ4v) is 4.44. The Morgan fingerprint density at radius 3 is 2.10 bits per heavy atom. The summed E-state index contributed by atoms with van der Waals surface area (Å²) < 4.78 is 27.7. The molecule has 0 bridgehead atoms. The number of aryl methyl sites for hydroxylation is 3. The molecule has 0 unspecified atom stereocenters. The number of para-hydroxylation sites is 1. The van der Waals surface area contributed by atoms with E-state index in [4.69, 9.17) is 0 Å². The molecule has 3 aromatic rings. The molecule has 0 aliphatic rings. The van der Waals surface area contributed by atoms with Gasteiger partial charge in [-0.25, -0.2) is 8.42 Å². The molecule has 6 heteroatoms. The summed E-state index contributed by atoms with van der Waals surface area (Å²) in [5.41, 5.74) is 4.08. The molecule has 0 radical (unpaired) electrons. The van der Waals surface area contributed by atoms with Crippen LogP contribution in [-0.2, 0) is 14.8 Å². The van der Waals surface area contributed by atoms with Crippen LogP contribution in [0.2, 0.25) is 0 Å². The first-order valence-electron chi connectivity index (χ1n) is 9.29. The number of benzene rings is 3. The zero-order valence-corrected chi connectivity index (χ0v) is 17.5. The van der Waals surface area contributed by atoms with Crippen LogP contribution in [0.1, 0.15) is 16.7 Å². The Kier molecular flexibility index (Phi) is 6.03. The molecular weight excluding hydrogens is 384 g/mol. The predicted octanol–water partition coefficient (Wildman–Crippen LogP) is 4.45. The van der Waals surface area contributed by atoms with Crippen molar-refractivity contribution in [2.24, 2.45) is 0 Å². The summed E-state index contributed by atoms with van der Waals surface area (Å²) in [4.78, 5) is 12.9. The lowest BCUT2D eigenvalue weighted by Gasteiger charge is -2.24. The summed E-state index contributed by atoms with van der Waals surface area (Å²) in [7, 11) is -3.90. The predicted molar refractivity (Wildman–Crippen MR) is 117 cm³/mol. The van der Waals surface area contributed by atoms with E-state index in [1.54, 1.807) is 54.6 Å². The third-order valence-corrected chi connectivity index (χ3v) is 6.38. The van der Waals surface area contributed by atoms with Gasteiger partial charge in [-0.15, -0.1) is 0 Å². The second-order valence-electron chi connectivity index (χ2n) is 7.03. The quantitative estimate of drug-likeness (QED) is 0.655. The van der Waals surface area contributed by atoms with E-state index in [1.165, 1.54) is 0 Å². The molecule has 29 heavy (non-hydrogen) atoms. The Hall–Kier alpha value is -3.12. The number of hydrogen-bond donors (Lipinski definition) is 1. The topological polar surface area (TPSA) is 66.5 Å². The van der Waals surface area contributed by atoms with Gasteiger partial charge in [0.05, 0.1) is 10.6 Å². The van der Waals surface area contributed by atoms with E-state index in [9.17, 15) is 13.2 Å². The van der Waals surface area contributed by atoms with Crippen LogP contribution in [0.15, 0.2) is 77.7 Å². The van der Waals surface area contributed by atoms with Crippen molar-refractivity contribution in [3.63, 3.8) is 0 Å². The number of nitrogens with zero attached hydrogens (tertiary/aromatic N) is 1. The van der Waals surface area contributed by atoms with E-state index < -0.39 is 15.9 Å². The van der Waals surface area contributed by atoms with Crippen LogP contribution >= 0.6 is 0 Å². The zero-order chi connectivity index (χ0) is 21.0. The minimum Gasteiger partial charge on any atom is -0.324 e. The van der Waals surface area contributed by atoms with Crippen molar-refractivity contribution in [1.82, 2.24) is 0 Å². The summed E-state index contributed by atoms with van der Waals surface area (Å²) in [6, 6.07) is 20.9. The molecule has 1 N–H and O–H groups in total. The van der Waals surface area contributed by atoms with Gasteiger partial charge in [0, 0.05) is 5.69 Å². The summed E-state index contributed by atoms with van der Waals surface area (Å²) in [5, 5.41) is 2.83. The van der Waals surface area contributed by atoms with Gasteiger partial charge in [-0.1, -0.05) is 53.6 Å². The minimum atomic E-state index is -3.90. The average Bonchev–Trinajstić information content (AvgIpc) is 2.69. The van der Waals surface area contributed by atoms with Gasteiger partial charge in [-0.2, -0.15) is 0 Å². The zero-order valence-electron chi connectivity index (χ0n) is 16.7. The first kappa shape index (κ1) is 20.6. The Morgan fingerprint density at radius 1 is 0.862 bits per heavy atom. The van der Waals surface area contributed by atoms with Crippen molar-refractivity contribution < 1.29 is 13.2 Å². The molecule has 0 atom stereocenters. The first-order valence-corrected chi connectivity index (χ1v) is 10.7. The molecule has 0 heterocycles. The van der Waals surface area contributed by atoms with E-state index in [1.807, 2.05) is 39.0 Å². The Bertz CT molecular complexity index is 1110. The van der Waals surface area contributed by atoms with Crippen molar-refractivity contribution in [2.45, 2.75) is 25.7 Å². The summed E-state index contributed by atoms with van der Waals surface area (Å²) in [6.07, 6.45) is 0. The SMILES string of the molecule is Cc1ccc(S(=O)(=O)N(CC(=O)Nc2ccc(C)cc2C)c2ccccc2)cc1. The van der Waals surface area contributed by atoms with E-state index in [0.29, 0.717) is 11.4 Å². The molecule has 0 aliphatic carbocycles. The largest absolute Gasteiger partial charge is 0.324 e. The average molecular weight is 409 g/mol. The number of carbonyl (C=O) groups excluding carboxylic acids is 1. The van der Waals surface area contributed by atoms with Crippen LogP contribution in [0.4, 0.5) is 11.4 Å². The number of nitrogens with one attached hydrogen (secondary N) is 1. The van der Waals surface area contributed by atoms with Crippen LogP contribution in [0.25, 0.3) is 0 Å². The number of sulfonamides is 1. The Morgan fingerprint density at radius 2 is 1.48 bits per heavy atom. The maximum atomic E-state index is 13.3. The van der Waals surface area contributed by atoms with E-state index >= 15 is 0 Å². The van der Waals surface area contributed by atoms with Gasteiger partial charge < -0.3 is 5.32 Å². The molecule has 3 aromatic carbocycles. The lowest BCUT2D eigenvalue weighted by Crippen LogP contribution is -2.38. The molecule has 150 valence electrons. The Labute approximate surface area is 172 Å². The minimum absolute atomic E-state index is 0.145. The van der Waals surface area contributed by atoms with Crippen molar-refractivity contribution in [3.8, 4) is 0 Å². The van der Waals surface area contributed by atoms with E-state index in [-0.39, 0.29) is 11.4 Å². The van der Waals surface area contributed by atoms with Gasteiger partial charge in [-0.05, 0) is 56.7 Å². The van der Waals surface area contributed by atoms with Crippen molar-refractivity contribution in [2.75, 3.05) is 16.2 Å². The highest BCUT2D eigenvalue weighted by molar-refractivity contribution is 7.92. The lowest BCUT2D eigenvalue weighted by molar-refractivity contribution is -0.114. The standard InChI is InChI=1S/C23H24N2O3S/c1-17-9-12-21(13-10-17)29(27,28)25(20-7-5-4-6-8-20)16-23(26)24-22-14-11-18(2)15-19(22)3/h4-15H,16H2,1-3H3,(H,24,26). The van der Waals surface area contributed by atoms with E-state index in [2.05, 4.69) is 5.32 Å². The van der Waals surface area contributed by atoms with Crippen molar-refractivity contribution in [3.05, 3.63) is 89.5 Å². The second kappa shape index (κ2) is 8.49. The number of carbonyl (C=O) groups is 1.